The van der Waals surface area contributed by atoms with Crippen molar-refractivity contribution in [2.24, 2.45) is 5.92 Å². The van der Waals surface area contributed by atoms with E-state index in [0.717, 1.165) is 24.1 Å². The number of thioether (sulfide) groups is 1. The molecule has 1 aromatic carbocycles. The van der Waals surface area contributed by atoms with Gasteiger partial charge in [-0.15, -0.1) is 0 Å². The molecule has 1 saturated heterocycles. The fourth-order valence-corrected chi connectivity index (χ4v) is 5.59. The van der Waals surface area contributed by atoms with Gasteiger partial charge in [0.15, 0.2) is 0 Å². The van der Waals surface area contributed by atoms with E-state index in [0.29, 0.717) is 36.9 Å². The van der Waals surface area contributed by atoms with E-state index >= 15 is 0 Å². The van der Waals surface area contributed by atoms with E-state index in [9.17, 15) is 19.5 Å². The third kappa shape index (κ3) is 7.38. The predicted octanol–water partition coefficient (Wildman–Crippen LogP) is 1.54. The van der Waals surface area contributed by atoms with Crippen LogP contribution in [-0.2, 0) is 27.3 Å². The SMILES string of the molecule is CSCC[C@H](NC(=O)[C@@H]1Cc2ccccc2CN1C(=O)[C@@H](NC[C@@H]1C[C@H](S)CN1)C(C)C)C(=O)O. The van der Waals surface area contributed by atoms with Crippen molar-refractivity contribution in [2.45, 2.75) is 69.1 Å². The van der Waals surface area contributed by atoms with E-state index in [2.05, 4.69) is 28.6 Å². The number of rotatable bonds is 11. The van der Waals surface area contributed by atoms with Crippen LogP contribution >= 0.6 is 24.4 Å². The molecule has 3 rings (SSSR count). The molecule has 8 nitrogen and oxygen atoms in total. The van der Waals surface area contributed by atoms with E-state index < -0.39 is 30.0 Å². The summed E-state index contributed by atoms with van der Waals surface area (Å²) in [6, 6.07) is 5.86. The molecule has 2 aliphatic rings. The fourth-order valence-electron chi connectivity index (χ4n) is 4.76. The molecule has 0 radical (unpaired) electrons. The van der Waals surface area contributed by atoms with Crippen molar-refractivity contribution in [1.82, 2.24) is 20.9 Å². The van der Waals surface area contributed by atoms with Gasteiger partial charge in [-0.05, 0) is 41.9 Å². The Morgan fingerprint density at radius 3 is 2.57 bits per heavy atom. The molecule has 1 fully saturated rings. The van der Waals surface area contributed by atoms with E-state index in [1.54, 1.807) is 4.90 Å². The van der Waals surface area contributed by atoms with Crippen LogP contribution in [0.4, 0.5) is 0 Å². The second kappa shape index (κ2) is 13.0. The van der Waals surface area contributed by atoms with Gasteiger partial charge in [-0.3, -0.25) is 9.59 Å². The minimum Gasteiger partial charge on any atom is -0.480 e. The van der Waals surface area contributed by atoms with Crippen molar-refractivity contribution in [1.29, 1.82) is 0 Å². The monoisotopic (exact) mass is 522 g/mol. The molecule has 0 spiro atoms. The summed E-state index contributed by atoms with van der Waals surface area (Å²) < 4.78 is 0. The molecule has 2 aliphatic heterocycles. The fraction of sp³-hybridized carbons (Fsp3) is 0.640. The van der Waals surface area contributed by atoms with Gasteiger partial charge >= 0.3 is 5.97 Å². The number of carbonyl (C=O) groups excluding carboxylic acids is 2. The highest BCUT2D eigenvalue weighted by atomic mass is 32.2. The Bertz CT molecular complexity index is 900. The standard InChI is InChI=1S/C25H38N4O4S2/c1-15(2)22(27-12-18-11-19(34)13-26-18)24(31)29-14-17-7-5-4-6-16(17)10-21(29)23(30)28-20(25(32)33)8-9-35-3/h4-7,15,18-22,26-27,34H,8-14H2,1-3H3,(H,28,30)(H,32,33)/t18-,19-,20-,21-,22-/m0/s1. The molecular weight excluding hydrogens is 484 g/mol. The van der Waals surface area contributed by atoms with Crippen LogP contribution in [0.5, 0.6) is 0 Å². The smallest absolute Gasteiger partial charge is 0.326 e. The highest BCUT2D eigenvalue weighted by Crippen LogP contribution is 2.25. The van der Waals surface area contributed by atoms with Crippen LogP contribution in [0.15, 0.2) is 24.3 Å². The van der Waals surface area contributed by atoms with Gasteiger partial charge in [-0.1, -0.05) is 38.1 Å². The van der Waals surface area contributed by atoms with Crippen LogP contribution in [0.3, 0.4) is 0 Å². The Morgan fingerprint density at radius 2 is 1.97 bits per heavy atom. The summed E-state index contributed by atoms with van der Waals surface area (Å²) in [5, 5.41) is 19.5. The number of nitrogens with one attached hydrogen (secondary N) is 3. The minimum absolute atomic E-state index is 0.0185. The largest absolute Gasteiger partial charge is 0.480 e. The van der Waals surface area contributed by atoms with E-state index in [-0.39, 0.29) is 17.9 Å². The van der Waals surface area contributed by atoms with Crippen molar-refractivity contribution in [3.63, 3.8) is 0 Å². The van der Waals surface area contributed by atoms with Gasteiger partial charge in [0.05, 0.1) is 6.04 Å². The number of amides is 2. The summed E-state index contributed by atoms with van der Waals surface area (Å²) in [4.78, 5) is 40.6. The van der Waals surface area contributed by atoms with Crippen molar-refractivity contribution in [3.05, 3.63) is 35.4 Å². The molecule has 0 unspecified atom stereocenters. The number of carboxylic acids is 1. The van der Waals surface area contributed by atoms with Crippen molar-refractivity contribution < 1.29 is 19.5 Å². The van der Waals surface area contributed by atoms with Crippen LogP contribution < -0.4 is 16.0 Å². The second-order valence-corrected chi connectivity index (χ2v) is 11.5. The van der Waals surface area contributed by atoms with Gasteiger partial charge in [-0.25, -0.2) is 4.79 Å². The van der Waals surface area contributed by atoms with Crippen molar-refractivity contribution in [3.8, 4) is 0 Å². The van der Waals surface area contributed by atoms with E-state index in [1.807, 2.05) is 44.4 Å². The summed E-state index contributed by atoms with van der Waals surface area (Å²) >= 11 is 6.06. The molecule has 2 amide bonds. The Balaban J connectivity index is 1.80. The molecule has 5 atom stereocenters. The molecule has 0 saturated carbocycles. The molecule has 194 valence electrons. The zero-order valence-electron chi connectivity index (χ0n) is 20.7. The first kappa shape index (κ1) is 27.8. The topological polar surface area (TPSA) is 111 Å². The third-order valence-corrected chi connectivity index (χ3v) is 7.81. The number of hydrogen-bond donors (Lipinski definition) is 5. The minimum atomic E-state index is -1.06. The van der Waals surface area contributed by atoms with E-state index in [1.165, 1.54) is 11.8 Å². The Kier molecular flexibility index (Phi) is 10.3. The third-order valence-electron chi connectivity index (χ3n) is 6.78. The summed E-state index contributed by atoms with van der Waals surface area (Å²) in [6.45, 7) is 5.80. The molecule has 4 N–H and O–H groups in total. The lowest BCUT2D eigenvalue weighted by molar-refractivity contribution is -0.146. The molecule has 0 aromatic heterocycles. The molecular formula is C25H38N4O4S2. The Labute approximate surface area is 217 Å². The molecule has 10 heteroatoms. The van der Waals surface area contributed by atoms with Gasteiger partial charge in [0, 0.05) is 37.3 Å². The highest BCUT2D eigenvalue weighted by Gasteiger charge is 2.39. The number of benzene rings is 1. The Morgan fingerprint density at radius 1 is 1.26 bits per heavy atom. The maximum Gasteiger partial charge on any atom is 0.326 e. The Hall–Kier alpha value is -1.75. The molecule has 2 heterocycles. The first-order chi connectivity index (χ1) is 16.7. The van der Waals surface area contributed by atoms with Gasteiger partial charge in [0.25, 0.3) is 0 Å². The van der Waals surface area contributed by atoms with Crippen LogP contribution in [0.1, 0.15) is 37.8 Å². The number of aliphatic carboxylic acids is 1. The molecule has 1 aromatic rings. The summed E-state index contributed by atoms with van der Waals surface area (Å²) in [6.07, 6.45) is 3.52. The lowest BCUT2D eigenvalue weighted by atomic mass is 9.91. The van der Waals surface area contributed by atoms with Crippen LogP contribution in [0.2, 0.25) is 0 Å². The first-order valence-corrected chi connectivity index (χ1v) is 14.2. The highest BCUT2D eigenvalue weighted by molar-refractivity contribution is 7.98. The number of carbonyl (C=O) groups is 3. The van der Waals surface area contributed by atoms with Crippen LogP contribution in [0, 0.1) is 5.92 Å². The van der Waals surface area contributed by atoms with Crippen LogP contribution in [-0.4, -0.2) is 82.3 Å². The molecule has 0 bridgehead atoms. The van der Waals surface area contributed by atoms with Gasteiger partial charge < -0.3 is 26.0 Å². The van der Waals surface area contributed by atoms with Gasteiger partial charge in [-0.2, -0.15) is 24.4 Å². The maximum absolute atomic E-state index is 13.9. The molecule has 0 aliphatic carbocycles. The second-order valence-electron chi connectivity index (χ2n) is 9.76. The average Bonchev–Trinajstić information content (AvgIpc) is 3.25. The number of thiol groups is 1. The van der Waals surface area contributed by atoms with Gasteiger partial charge in [0.1, 0.15) is 12.1 Å². The number of hydrogen-bond acceptors (Lipinski definition) is 7. The summed E-state index contributed by atoms with van der Waals surface area (Å²) in [5.41, 5.74) is 2.02. The van der Waals surface area contributed by atoms with Crippen molar-refractivity contribution >= 4 is 42.2 Å². The van der Waals surface area contributed by atoms with E-state index in [4.69, 9.17) is 0 Å². The molecule has 35 heavy (non-hydrogen) atoms. The van der Waals surface area contributed by atoms with Crippen molar-refractivity contribution in [2.75, 3.05) is 25.1 Å². The zero-order chi connectivity index (χ0) is 25.5. The number of fused-ring (bicyclic) bond motifs is 1. The normalized spacial score (nSPS) is 23.6. The predicted molar refractivity (Wildman–Crippen MR) is 143 cm³/mol. The maximum atomic E-state index is 13.9. The lowest BCUT2D eigenvalue weighted by Crippen LogP contribution is -2.60. The first-order valence-electron chi connectivity index (χ1n) is 12.3. The quantitative estimate of drug-likeness (QED) is 0.280. The number of carboxylic acid groups (broad SMARTS) is 1. The lowest BCUT2D eigenvalue weighted by Gasteiger charge is -2.39. The summed E-state index contributed by atoms with van der Waals surface area (Å²) in [5.74, 6) is -0.972. The average molecular weight is 523 g/mol. The zero-order valence-corrected chi connectivity index (χ0v) is 22.4. The summed E-state index contributed by atoms with van der Waals surface area (Å²) in [7, 11) is 0. The van der Waals surface area contributed by atoms with Gasteiger partial charge in [0.2, 0.25) is 11.8 Å². The van der Waals surface area contributed by atoms with Crippen LogP contribution in [0.25, 0.3) is 0 Å². The number of nitrogens with zero attached hydrogens (tertiary/aromatic N) is 1.